The Morgan fingerprint density at radius 1 is 1.48 bits per heavy atom. The van der Waals surface area contributed by atoms with Crippen molar-refractivity contribution in [2.45, 2.75) is 11.8 Å². The van der Waals surface area contributed by atoms with Crippen LogP contribution in [0.15, 0.2) is 18.2 Å². The highest BCUT2D eigenvalue weighted by atomic mass is 35.5. The highest BCUT2D eigenvalue weighted by molar-refractivity contribution is 6.30. The Morgan fingerprint density at radius 3 is 2.81 bits per heavy atom. The number of halogens is 4. The summed E-state index contributed by atoms with van der Waals surface area (Å²) in [6.07, 6.45) is -6.18. The topological polar surface area (TPSA) is 47.6 Å². The van der Waals surface area contributed by atoms with Crippen LogP contribution in [0.2, 0.25) is 5.02 Å². The Bertz CT molecular complexity index is 636. The first-order valence-corrected chi connectivity index (χ1v) is 6.03. The maximum absolute atomic E-state index is 13.5. The minimum atomic E-state index is -4.94. The standard InChI is InChI=1S/C13H9ClF3NO3/c1-20-6-2-5-12(13(15,16)17)9-7-8(14)3-4-10(9)18-11(19)21-12/h3-4,7H,6H2,1H3,(H,18,19)/t12-/m0/s1. The maximum atomic E-state index is 13.5. The molecule has 1 aliphatic rings. The number of amides is 1. The van der Waals surface area contributed by atoms with Crippen molar-refractivity contribution in [1.29, 1.82) is 0 Å². The van der Waals surface area contributed by atoms with E-state index in [0.717, 1.165) is 6.07 Å². The van der Waals surface area contributed by atoms with E-state index in [2.05, 4.69) is 20.7 Å². The average molecular weight is 320 g/mol. The van der Waals surface area contributed by atoms with Crippen molar-refractivity contribution >= 4 is 23.4 Å². The molecule has 1 aromatic rings. The molecule has 1 N–H and O–H groups in total. The first kappa shape index (κ1) is 15.5. The number of alkyl halides is 3. The van der Waals surface area contributed by atoms with Crippen molar-refractivity contribution in [3.05, 3.63) is 28.8 Å². The fraction of sp³-hybridized carbons (Fsp3) is 0.308. The zero-order valence-electron chi connectivity index (χ0n) is 10.7. The van der Waals surface area contributed by atoms with Crippen LogP contribution in [-0.2, 0) is 15.1 Å². The summed E-state index contributed by atoms with van der Waals surface area (Å²) < 4.78 is 49.7. The van der Waals surface area contributed by atoms with Crippen LogP contribution in [0.1, 0.15) is 5.56 Å². The third-order valence-electron chi connectivity index (χ3n) is 2.72. The molecule has 1 amide bonds. The Labute approximate surface area is 123 Å². The number of ether oxygens (including phenoxy) is 2. The summed E-state index contributed by atoms with van der Waals surface area (Å²) in [6, 6.07) is 3.68. The minimum absolute atomic E-state index is 0.0558. The number of hydrogen-bond donors (Lipinski definition) is 1. The van der Waals surface area contributed by atoms with Crippen molar-refractivity contribution in [3.8, 4) is 11.8 Å². The first-order chi connectivity index (χ1) is 9.80. The summed E-state index contributed by atoms with van der Waals surface area (Å²) in [5.41, 5.74) is -3.50. The summed E-state index contributed by atoms with van der Waals surface area (Å²) in [5, 5.41) is 2.25. The molecule has 4 nitrogen and oxygen atoms in total. The molecule has 1 atom stereocenters. The molecule has 0 saturated heterocycles. The lowest BCUT2D eigenvalue weighted by molar-refractivity contribution is -0.239. The molecule has 0 saturated carbocycles. The van der Waals surface area contributed by atoms with E-state index in [4.69, 9.17) is 11.6 Å². The summed E-state index contributed by atoms with van der Waals surface area (Å²) in [4.78, 5) is 11.4. The molecule has 0 fully saturated rings. The van der Waals surface area contributed by atoms with Gasteiger partial charge in [0.2, 0.25) is 0 Å². The molecule has 2 rings (SSSR count). The van der Waals surface area contributed by atoms with Gasteiger partial charge in [-0.1, -0.05) is 17.5 Å². The second kappa shape index (κ2) is 5.47. The third kappa shape index (κ3) is 2.77. The number of benzene rings is 1. The molecule has 0 bridgehead atoms. The van der Waals surface area contributed by atoms with Gasteiger partial charge in [0.25, 0.3) is 5.60 Å². The van der Waals surface area contributed by atoms with Gasteiger partial charge in [-0.05, 0) is 24.1 Å². The predicted octanol–water partition coefficient (Wildman–Crippen LogP) is 3.31. The molecule has 21 heavy (non-hydrogen) atoms. The van der Waals surface area contributed by atoms with Gasteiger partial charge in [0, 0.05) is 17.7 Å². The zero-order valence-corrected chi connectivity index (χ0v) is 11.4. The van der Waals surface area contributed by atoms with Gasteiger partial charge in [0.15, 0.2) is 0 Å². The first-order valence-electron chi connectivity index (χ1n) is 5.66. The van der Waals surface area contributed by atoms with E-state index in [-0.39, 0.29) is 22.9 Å². The van der Waals surface area contributed by atoms with Crippen LogP contribution in [0.25, 0.3) is 0 Å². The van der Waals surface area contributed by atoms with Crippen molar-refractivity contribution in [2.24, 2.45) is 0 Å². The van der Waals surface area contributed by atoms with E-state index in [9.17, 15) is 18.0 Å². The number of methoxy groups -OCH3 is 1. The molecular formula is C13H9ClF3NO3. The Hall–Kier alpha value is -1.91. The highest BCUT2D eigenvalue weighted by Crippen LogP contribution is 2.47. The van der Waals surface area contributed by atoms with E-state index in [1.54, 1.807) is 0 Å². The molecule has 1 aliphatic heterocycles. The van der Waals surface area contributed by atoms with Crippen molar-refractivity contribution < 1.29 is 27.4 Å². The normalized spacial score (nSPS) is 20.7. The van der Waals surface area contributed by atoms with Crippen molar-refractivity contribution in [1.82, 2.24) is 0 Å². The van der Waals surface area contributed by atoms with Gasteiger partial charge in [-0.2, -0.15) is 13.2 Å². The number of rotatable bonds is 1. The van der Waals surface area contributed by atoms with Crippen LogP contribution in [0.5, 0.6) is 0 Å². The Kier molecular flexibility index (Phi) is 4.03. The smallest absolute Gasteiger partial charge is 0.415 e. The molecule has 112 valence electrons. The number of anilines is 1. The lowest BCUT2D eigenvalue weighted by Gasteiger charge is -2.35. The molecule has 8 heteroatoms. The Balaban J connectivity index is 2.68. The molecule has 1 heterocycles. The van der Waals surface area contributed by atoms with Crippen LogP contribution < -0.4 is 5.32 Å². The van der Waals surface area contributed by atoms with Crippen molar-refractivity contribution in [3.63, 3.8) is 0 Å². The van der Waals surface area contributed by atoms with Crippen LogP contribution in [-0.4, -0.2) is 26.0 Å². The fourth-order valence-corrected chi connectivity index (χ4v) is 2.03. The highest BCUT2D eigenvalue weighted by Gasteiger charge is 2.61. The van der Waals surface area contributed by atoms with Gasteiger partial charge in [-0.25, -0.2) is 4.79 Å². The Morgan fingerprint density at radius 2 is 2.19 bits per heavy atom. The SMILES string of the molecule is COCC#C[C@]1(C(F)(F)F)OC(=O)Nc2ccc(Cl)cc21. The zero-order chi connectivity index (χ0) is 15.7. The summed E-state index contributed by atoms with van der Waals surface area (Å²) in [5.74, 6) is 4.14. The summed E-state index contributed by atoms with van der Waals surface area (Å²) in [7, 11) is 1.29. The second-order valence-electron chi connectivity index (χ2n) is 4.12. The number of carbonyl (C=O) groups excluding carboxylic acids is 1. The molecule has 0 aromatic heterocycles. The van der Waals surface area contributed by atoms with Crippen LogP contribution in [0, 0.1) is 11.8 Å². The lowest BCUT2D eigenvalue weighted by Crippen LogP contribution is -2.49. The number of carbonyl (C=O) groups is 1. The van der Waals surface area contributed by atoms with E-state index in [1.807, 2.05) is 5.92 Å². The molecule has 0 unspecified atom stereocenters. The molecule has 0 radical (unpaired) electrons. The van der Waals surface area contributed by atoms with Crippen LogP contribution in [0.3, 0.4) is 0 Å². The fourth-order valence-electron chi connectivity index (χ4n) is 1.85. The number of hydrogen-bond acceptors (Lipinski definition) is 3. The number of nitrogens with one attached hydrogen (secondary N) is 1. The van der Waals surface area contributed by atoms with Gasteiger partial charge >= 0.3 is 12.3 Å². The van der Waals surface area contributed by atoms with Crippen LogP contribution in [0.4, 0.5) is 23.7 Å². The second-order valence-corrected chi connectivity index (χ2v) is 4.55. The van der Waals surface area contributed by atoms with Gasteiger partial charge < -0.3 is 9.47 Å². The van der Waals surface area contributed by atoms with Crippen molar-refractivity contribution in [2.75, 3.05) is 19.0 Å². The van der Waals surface area contributed by atoms with E-state index >= 15 is 0 Å². The molecule has 1 aromatic carbocycles. The largest absolute Gasteiger partial charge is 0.445 e. The number of fused-ring (bicyclic) bond motifs is 1. The van der Waals surface area contributed by atoms with Crippen LogP contribution >= 0.6 is 11.6 Å². The number of cyclic esters (lactones) is 1. The summed E-state index contributed by atoms with van der Waals surface area (Å²) >= 11 is 5.74. The average Bonchev–Trinajstić information content (AvgIpc) is 2.38. The van der Waals surface area contributed by atoms with E-state index < -0.39 is 17.9 Å². The van der Waals surface area contributed by atoms with Gasteiger partial charge in [0.1, 0.15) is 6.61 Å². The summed E-state index contributed by atoms with van der Waals surface area (Å²) in [6.45, 7) is -0.237. The molecular weight excluding hydrogens is 311 g/mol. The van der Waals surface area contributed by atoms with E-state index in [0.29, 0.717) is 0 Å². The van der Waals surface area contributed by atoms with Gasteiger partial charge in [-0.3, -0.25) is 5.32 Å². The predicted molar refractivity (Wildman–Crippen MR) is 68.9 cm³/mol. The third-order valence-corrected chi connectivity index (χ3v) is 2.96. The maximum Gasteiger partial charge on any atom is 0.445 e. The molecule has 0 aliphatic carbocycles. The molecule has 0 spiro atoms. The quantitative estimate of drug-likeness (QED) is 0.808. The van der Waals surface area contributed by atoms with Gasteiger partial charge in [0.05, 0.1) is 5.69 Å². The van der Waals surface area contributed by atoms with Gasteiger partial charge in [-0.15, -0.1) is 0 Å². The van der Waals surface area contributed by atoms with E-state index in [1.165, 1.54) is 19.2 Å². The monoisotopic (exact) mass is 319 g/mol. The lowest BCUT2D eigenvalue weighted by atomic mass is 9.90. The minimum Gasteiger partial charge on any atom is -0.415 e.